The molecule has 0 unspecified atom stereocenters. The molecule has 1 fully saturated rings. The van der Waals surface area contributed by atoms with Crippen LogP contribution in [-0.2, 0) is 9.53 Å². The Hall–Kier alpha value is -1.36. The highest BCUT2D eigenvalue weighted by molar-refractivity contribution is 6.09. The lowest BCUT2D eigenvalue weighted by molar-refractivity contribution is -0.131. The molecule has 0 atom stereocenters. The first-order valence-electron chi connectivity index (χ1n) is 5.10. The predicted octanol–water partition coefficient (Wildman–Crippen LogP) is 1.07. The molecule has 90 valence electrons. The molecule has 16 heavy (non-hydrogen) atoms. The monoisotopic (exact) mass is 227 g/mol. The first kappa shape index (κ1) is 12.7. The molecule has 5 nitrogen and oxygen atoms in total. The summed E-state index contributed by atoms with van der Waals surface area (Å²) >= 11 is 0. The van der Waals surface area contributed by atoms with Gasteiger partial charge in [-0.25, -0.2) is 9.69 Å². The van der Waals surface area contributed by atoms with Crippen molar-refractivity contribution in [1.82, 2.24) is 4.90 Å². The Labute approximate surface area is 94.7 Å². The summed E-state index contributed by atoms with van der Waals surface area (Å²) in [6, 6.07) is 0. The van der Waals surface area contributed by atoms with Gasteiger partial charge in [-0.15, -0.1) is 0 Å². The molecule has 1 saturated heterocycles. The normalized spacial score (nSPS) is 19.3. The van der Waals surface area contributed by atoms with Crippen molar-refractivity contribution in [2.75, 3.05) is 13.2 Å². The lowest BCUT2D eigenvalue weighted by atomic mass is 10.0. The number of amides is 2. The number of nitrogens with zero attached hydrogens (tertiary/aromatic N) is 1. The first-order valence-corrected chi connectivity index (χ1v) is 5.10. The number of β-lactam (4-membered cyclic amide) rings is 1. The summed E-state index contributed by atoms with van der Waals surface area (Å²) < 4.78 is 5.05. The van der Waals surface area contributed by atoms with Crippen molar-refractivity contribution in [3.63, 3.8) is 0 Å². The fraction of sp³-hybridized carbons (Fsp3) is 0.636. The molecule has 2 amide bonds. The Morgan fingerprint density at radius 1 is 1.50 bits per heavy atom. The molecule has 0 aliphatic carbocycles. The molecule has 0 bridgehead atoms. The maximum Gasteiger partial charge on any atom is 0.417 e. The molecule has 5 heteroatoms. The van der Waals surface area contributed by atoms with E-state index in [0.29, 0.717) is 11.1 Å². The fourth-order valence-corrected chi connectivity index (χ4v) is 1.25. The van der Waals surface area contributed by atoms with Gasteiger partial charge in [-0.05, 0) is 33.3 Å². The number of carbonyl (C=O) groups excluding carboxylic acids is 2. The third kappa shape index (κ3) is 2.61. The van der Waals surface area contributed by atoms with Crippen molar-refractivity contribution in [1.29, 1.82) is 0 Å². The van der Waals surface area contributed by atoms with E-state index < -0.39 is 11.7 Å². The standard InChI is InChI=1S/C11H17NO4/c1-7(6-13)8-5-12(9(8)14)10(15)16-11(2,3)4/h13H,5-6H2,1-4H3/b8-7-. The number of likely N-dealkylation sites (tertiary alicyclic amines) is 1. The average Bonchev–Trinajstić information content (AvgIpc) is 2.12. The number of hydrogen-bond donors (Lipinski definition) is 1. The van der Waals surface area contributed by atoms with Crippen molar-refractivity contribution in [2.45, 2.75) is 33.3 Å². The van der Waals surface area contributed by atoms with E-state index in [1.165, 1.54) is 0 Å². The maximum absolute atomic E-state index is 11.5. The van der Waals surface area contributed by atoms with Gasteiger partial charge in [-0.3, -0.25) is 4.79 Å². The Morgan fingerprint density at radius 3 is 2.44 bits per heavy atom. The van der Waals surface area contributed by atoms with Crippen LogP contribution in [0.2, 0.25) is 0 Å². The van der Waals surface area contributed by atoms with Gasteiger partial charge in [0, 0.05) is 5.57 Å². The third-order valence-corrected chi connectivity index (χ3v) is 2.19. The van der Waals surface area contributed by atoms with Gasteiger partial charge in [0.25, 0.3) is 5.91 Å². The predicted molar refractivity (Wildman–Crippen MR) is 57.7 cm³/mol. The van der Waals surface area contributed by atoms with Gasteiger partial charge in [0.2, 0.25) is 0 Å². The van der Waals surface area contributed by atoms with Crippen molar-refractivity contribution in [3.05, 3.63) is 11.1 Å². The van der Waals surface area contributed by atoms with Crippen molar-refractivity contribution >= 4 is 12.0 Å². The number of hydrogen-bond acceptors (Lipinski definition) is 4. The lowest BCUT2D eigenvalue weighted by Gasteiger charge is -2.34. The van der Waals surface area contributed by atoms with Crippen LogP contribution in [0, 0.1) is 0 Å². The highest BCUT2D eigenvalue weighted by Crippen LogP contribution is 2.22. The van der Waals surface area contributed by atoms with Gasteiger partial charge in [-0.2, -0.15) is 0 Å². The van der Waals surface area contributed by atoms with E-state index in [-0.39, 0.29) is 19.1 Å². The number of aliphatic hydroxyl groups is 1. The second-order valence-corrected chi connectivity index (χ2v) is 4.79. The van der Waals surface area contributed by atoms with Crippen LogP contribution in [0.25, 0.3) is 0 Å². The molecule has 0 aromatic rings. The summed E-state index contributed by atoms with van der Waals surface area (Å²) in [5, 5.41) is 8.85. The molecule has 0 spiro atoms. The van der Waals surface area contributed by atoms with Crippen LogP contribution in [0.15, 0.2) is 11.1 Å². The summed E-state index contributed by atoms with van der Waals surface area (Å²) in [5.41, 5.74) is 0.487. The molecule has 0 aromatic heterocycles. The minimum Gasteiger partial charge on any atom is -0.443 e. The van der Waals surface area contributed by atoms with E-state index in [1.54, 1.807) is 27.7 Å². The Kier molecular flexibility index (Phi) is 3.38. The van der Waals surface area contributed by atoms with Gasteiger partial charge < -0.3 is 9.84 Å². The van der Waals surface area contributed by atoms with Crippen molar-refractivity contribution in [3.8, 4) is 0 Å². The number of rotatable bonds is 1. The van der Waals surface area contributed by atoms with Crippen LogP contribution >= 0.6 is 0 Å². The number of imide groups is 1. The summed E-state index contributed by atoms with van der Waals surface area (Å²) in [4.78, 5) is 24.1. The summed E-state index contributed by atoms with van der Waals surface area (Å²) in [6.07, 6.45) is -0.632. The van der Waals surface area contributed by atoms with Crippen LogP contribution in [0.5, 0.6) is 0 Å². The van der Waals surface area contributed by atoms with Crippen LogP contribution in [0.4, 0.5) is 4.79 Å². The van der Waals surface area contributed by atoms with Crippen LogP contribution in [0.1, 0.15) is 27.7 Å². The second-order valence-electron chi connectivity index (χ2n) is 4.79. The zero-order chi connectivity index (χ0) is 12.5. The minimum atomic E-state index is -0.632. The summed E-state index contributed by atoms with van der Waals surface area (Å²) in [6.45, 7) is 6.95. The molecular weight excluding hydrogens is 210 g/mol. The zero-order valence-corrected chi connectivity index (χ0v) is 10.0. The molecule has 1 heterocycles. The SMILES string of the molecule is C/C(CO)=C1\CN(C(=O)OC(C)(C)C)C1=O. The van der Waals surface area contributed by atoms with E-state index in [4.69, 9.17) is 9.84 Å². The zero-order valence-electron chi connectivity index (χ0n) is 10.0. The number of aliphatic hydroxyl groups excluding tert-OH is 1. The Bertz CT molecular complexity index is 351. The number of ether oxygens (including phenoxy) is 1. The van der Waals surface area contributed by atoms with Crippen molar-refractivity contribution in [2.24, 2.45) is 0 Å². The van der Waals surface area contributed by atoms with Crippen LogP contribution in [-0.4, -0.2) is 40.8 Å². The maximum atomic E-state index is 11.5. The second kappa shape index (κ2) is 4.25. The number of carbonyl (C=O) groups is 2. The topological polar surface area (TPSA) is 66.8 Å². The quantitative estimate of drug-likeness (QED) is 0.537. The molecule has 1 aliphatic rings. The van der Waals surface area contributed by atoms with Crippen LogP contribution < -0.4 is 0 Å². The average molecular weight is 227 g/mol. The van der Waals surface area contributed by atoms with Crippen molar-refractivity contribution < 1.29 is 19.4 Å². The molecule has 0 aromatic carbocycles. The van der Waals surface area contributed by atoms with E-state index in [0.717, 1.165) is 4.90 Å². The fourth-order valence-electron chi connectivity index (χ4n) is 1.25. The molecule has 0 radical (unpaired) electrons. The molecule has 1 rings (SSSR count). The third-order valence-electron chi connectivity index (χ3n) is 2.19. The van der Waals surface area contributed by atoms with E-state index in [1.807, 2.05) is 0 Å². The first-order chi connectivity index (χ1) is 7.26. The molecule has 1 aliphatic heterocycles. The molecular formula is C11H17NO4. The van der Waals surface area contributed by atoms with Gasteiger partial charge >= 0.3 is 6.09 Å². The van der Waals surface area contributed by atoms with Gasteiger partial charge in [-0.1, -0.05) is 0 Å². The van der Waals surface area contributed by atoms with E-state index in [2.05, 4.69) is 0 Å². The van der Waals surface area contributed by atoms with E-state index >= 15 is 0 Å². The van der Waals surface area contributed by atoms with E-state index in [9.17, 15) is 9.59 Å². The summed E-state index contributed by atoms with van der Waals surface area (Å²) in [7, 11) is 0. The summed E-state index contributed by atoms with van der Waals surface area (Å²) in [5.74, 6) is -0.374. The Morgan fingerprint density at radius 2 is 2.06 bits per heavy atom. The van der Waals surface area contributed by atoms with Gasteiger partial charge in [0.1, 0.15) is 5.60 Å². The molecule has 0 saturated carbocycles. The Balaban J connectivity index is 2.63. The highest BCUT2D eigenvalue weighted by Gasteiger charge is 2.39. The molecule has 1 N–H and O–H groups in total. The largest absolute Gasteiger partial charge is 0.443 e. The minimum absolute atomic E-state index is 0.163. The van der Waals surface area contributed by atoms with Gasteiger partial charge in [0.15, 0.2) is 0 Å². The lowest BCUT2D eigenvalue weighted by Crippen LogP contribution is -2.52. The van der Waals surface area contributed by atoms with Gasteiger partial charge in [0.05, 0.1) is 13.2 Å². The van der Waals surface area contributed by atoms with Crippen LogP contribution in [0.3, 0.4) is 0 Å². The smallest absolute Gasteiger partial charge is 0.417 e. The highest BCUT2D eigenvalue weighted by atomic mass is 16.6.